The molecule has 10 aromatic rings. The molecule has 10 aromatic carbocycles. The lowest BCUT2D eigenvalue weighted by molar-refractivity contribution is -0.176. The van der Waals surface area contributed by atoms with E-state index in [2.05, 4.69) is 230 Å². The second kappa shape index (κ2) is 16.7. The number of rotatable bonds is 7. The summed E-state index contributed by atoms with van der Waals surface area (Å²) in [5, 5.41) is 7.74. The molecule has 4 atom stereocenters. The van der Waals surface area contributed by atoms with Gasteiger partial charge in [-0.15, -0.1) is 0 Å². The molecule has 2 fully saturated rings. The zero-order valence-corrected chi connectivity index (χ0v) is 40.7. The molecule has 7 heteroatoms. The van der Waals surface area contributed by atoms with Gasteiger partial charge in [-0.2, -0.15) is 0 Å². The van der Waals surface area contributed by atoms with Crippen molar-refractivity contribution in [3.63, 3.8) is 0 Å². The van der Waals surface area contributed by atoms with Gasteiger partial charge < -0.3 is 14.4 Å². The average molecular weight is 946 g/mol. The first kappa shape index (κ1) is 43.8. The molecule has 13 rings (SSSR count). The van der Waals surface area contributed by atoms with Crippen LogP contribution in [-0.4, -0.2) is 22.9 Å². The molecule has 0 spiro atoms. The van der Waals surface area contributed by atoms with Crippen molar-refractivity contribution in [2.45, 2.75) is 61.8 Å². The highest BCUT2D eigenvalue weighted by Crippen LogP contribution is 2.76. The third kappa shape index (κ3) is 6.81. The number of fused-ring (bicyclic) bond motifs is 6. The molecule has 0 radical (unpaired) electrons. The van der Waals surface area contributed by atoms with Gasteiger partial charge in [0.15, 0.2) is 22.8 Å². The van der Waals surface area contributed by atoms with Gasteiger partial charge in [-0.25, -0.2) is 0 Å². The quantitative estimate of drug-likeness (QED) is 0.148. The van der Waals surface area contributed by atoms with Crippen LogP contribution in [0.2, 0.25) is 0 Å². The van der Waals surface area contributed by atoms with Crippen LogP contribution in [0.25, 0.3) is 49.2 Å². The van der Waals surface area contributed by atoms with E-state index in [-0.39, 0.29) is 6.04 Å². The van der Waals surface area contributed by atoms with Gasteiger partial charge in [0.1, 0.15) is 12.2 Å². The third-order valence-corrected chi connectivity index (χ3v) is 17.4. The molecule has 3 aliphatic rings. The number of hydrogen-bond donors (Lipinski definition) is 0. The standard InChI is InChI=1S/C64H52NO5P/c1-43(44-21-5-4-6-22-44)65-42-41-49-27-11-16-36-54(49)61(65)71(66)69-63(55-37-17-28-45-23-7-12-32-50(45)55,56-38-18-29-46-24-8-13-33-51(46)56)59-60(68-62(2,3)67-59)64(70-71,57-39-19-30-47-25-9-14-34-52(47)57)58-40-20-31-48-26-10-15-35-53(48)58/h4-43,59-61H,1-3H3. The van der Waals surface area contributed by atoms with Crippen LogP contribution in [-0.2, 0) is 34.3 Å². The van der Waals surface area contributed by atoms with Crippen molar-refractivity contribution in [2.75, 3.05) is 0 Å². The Labute approximate surface area is 414 Å². The van der Waals surface area contributed by atoms with Crippen molar-refractivity contribution in [3.8, 4) is 0 Å². The van der Waals surface area contributed by atoms with Gasteiger partial charge in [-0.05, 0) is 109 Å². The maximum absolute atomic E-state index is 18.7. The molecule has 0 N–H and O–H groups in total. The summed E-state index contributed by atoms with van der Waals surface area (Å²) in [5.74, 6) is -2.18. The van der Waals surface area contributed by atoms with Crippen LogP contribution in [0.3, 0.4) is 0 Å². The van der Waals surface area contributed by atoms with Crippen molar-refractivity contribution in [1.82, 2.24) is 4.90 Å². The topological polar surface area (TPSA) is 57.2 Å². The monoisotopic (exact) mass is 945 g/mol. The van der Waals surface area contributed by atoms with Crippen molar-refractivity contribution < 1.29 is 23.1 Å². The molecule has 6 nitrogen and oxygen atoms in total. The van der Waals surface area contributed by atoms with E-state index < -0.39 is 42.6 Å². The lowest BCUT2D eigenvalue weighted by Crippen LogP contribution is -2.54. The molecule has 3 heterocycles. The minimum atomic E-state index is -4.79. The normalized spacial score (nSPS) is 22.5. The Kier molecular flexibility index (Phi) is 10.3. The van der Waals surface area contributed by atoms with Crippen molar-refractivity contribution >= 4 is 56.8 Å². The fourth-order valence-electron chi connectivity index (χ4n) is 12.2. The summed E-state index contributed by atoms with van der Waals surface area (Å²) in [7, 11) is -4.79. The van der Waals surface area contributed by atoms with Crippen LogP contribution in [0.1, 0.15) is 71.5 Å². The second-order valence-electron chi connectivity index (χ2n) is 19.6. The Morgan fingerprint density at radius 3 is 1.25 bits per heavy atom. The number of benzene rings is 10. The fraction of sp³-hybridized carbons (Fsp3) is 0.156. The summed E-state index contributed by atoms with van der Waals surface area (Å²) in [6.45, 7) is 6.11. The lowest BCUT2D eigenvalue weighted by atomic mass is 9.69. The highest BCUT2D eigenvalue weighted by Gasteiger charge is 2.71. The van der Waals surface area contributed by atoms with Gasteiger partial charge in [0.25, 0.3) is 0 Å². The van der Waals surface area contributed by atoms with Crippen molar-refractivity contribution in [1.29, 1.82) is 0 Å². The van der Waals surface area contributed by atoms with Gasteiger partial charge >= 0.3 is 7.60 Å². The predicted molar refractivity (Wildman–Crippen MR) is 286 cm³/mol. The molecule has 0 amide bonds. The predicted octanol–water partition coefficient (Wildman–Crippen LogP) is 16.0. The first-order chi connectivity index (χ1) is 34.7. The average Bonchev–Trinajstić information content (AvgIpc) is 3.73. The Bertz CT molecular complexity index is 3410. The second-order valence-corrected chi connectivity index (χ2v) is 21.6. The van der Waals surface area contributed by atoms with E-state index in [0.717, 1.165) is 82.0 Å². The highest BCUT2D eigenvalue weighted by molar-refractivity contribution is 7.54. The Morgan fingerprint density at radius 2 is 0.817 bits per heavy atom. The summed E-state index contributed by atoms with van der Waals surface area (Å²) in [4.78, 5) is 2.19. The minimum Gasteiger partial charge on any atom is -0.353 e. The van der Waals surface area contributed by atoms with Gasteiger partial charge in [0.2, 0.25) is 0 Å². The van der Waals surface area contributed by atoms with Crippen molar-refractivity contribution in [3.05, 3.63) is 270 Å². The van der Waals surface area contributed by atoms with E-state index in [4.69, 9.17) is 18.5 Å². The molecule has 0 aromatic heterocycles. The minimum absolute atomic E-state index is 0.285. The molecule has 3 aliphatic heterocycles. The molecular formula is C64H52NO5P. The fourth-order valence-corrected chi connectivity index (χ4v) is 15.0. The van der Waals surface area contributed by atoms with Crippen LogP contribution in [0.5, 0.6) is 0 Å². The Balaban J connectivity index is 1.25. The number of nitrogens with zero attached hydrogens (tertiary/aromatic N) is 1. The SMILES string of the molecule is CC(c1ccccc1)N1C=Cc2ccccc2C1P1(=O)OC(c2cccc3ccccc23)(c2cccc3ccccc23)C2OC(C)(C)OC2C(c2cccc3ccccc23)(c2cccc3ccccc23)O1. The molecule has 2 saturated heterocycles. The smallest absolute Gasteiger partial charge is 0.353 e. The van der Waals surface area contributed by atoms with Crippen LogP contribution in [0.4, 0.5) is 0 Å². The molecule has 4 unspecified atom stereocenters. The van der Waals surface area contributed by atoms with E-state index in [1.807, 2.05) is 32.0 Å². The van der Waals surface area contributed by atoms with Crippen LogP contribution in [0.15, 0.2) is 231 Å². The molecule has 348 valence electrons. The zero-order chi connectivity index (χ0) is 48.0. The Morgan fingerprint density at radius 1 is 0.451 bits per heavy atom. The third-order valence-electron chi connectivity index (χ3n) is 15.2. The highest BCUT2D eigenvalue weighted by atomic mass is 31.2. The van der Waals surface area contributed by atoms with E-state index in [9.17, 15) is 0 Å². The summed E-state index contributed by atoms with van der Waals surface area (Å²) in [6, 6.07) is 77.1. The maximum atomic E-state index is 18.7. The van der Waals surface area contributed by atoms with Gasteiger partial charge in [0.05, 0.1) is 6.04 Å². The van der Waals surface area contributed by atoms with Gasteiger partial charge in [-0.3, -0.25) is 13.6 Å². The molecule has 71 heavy (non-hydrogen) atoms. The first-order valence-corrected chi connectivity index (χ1v) is 26.2. The number of ether oxygens (including phenoxy) is 2. The van der Waals surface area contributed by atoms with E-state index in [1.54, 1.807) is 0 Å². The summed E-state index contributed by atoms with van der Waals surface area (Å²) < 4.78 is 50.9. The van der Waals surface area contributed by atoms with E-state index in [0.29, 0.717) is 0 Å². The van der Waals surface area contributed by atoms with Gasteiger partial charge in [-0.1, -0.05) is 224 Å². The van der Waals surface area contributed by atoms with Crippen LogP contribution in [0, 0.1) is 0 Å². The lowest BCUT2D eigenvalue weighted by Gasteiger charge is -2.46. The Hall–Kier alpha value is -7.15. The largest absolute Gasteiger partial charge is 0.360 e. The van der Waals surface area contributed by atoms with Crippen molar-refractivity contribution in [2.24, 2.45) is 0 Å². The molecule has 0 saturated carbocycles. The number of hydrogen-bond acceptors (Lipinski definition) is 6. The molecule has 0 aliphatic carbocycles. The van der Waals surface area contributed by atoms with Crippen LogP contribution >= 0.6 is 7.60 Å². The summed E-state index contributed by atoms with van der Waals surface area (Å²) in [5.41, 5.74) is 2.62. The summed E-state index contributed by atoms with van der Waals surface area (Å²) in [6.07, 6.45) is 2.19. The first-order valence-electron chi connectivity index (χ1n) is 24.6. The van der Waals surface area contributed by atoms with Crippen LogP contribution < -0.4 is 0 Å². The van der Waals surface area contributed by atoms with E-state index >= 15 is 4.57 Å². The summed E-state index contributed by atoms with van der Waals surface area (Å²) >= 11 is 0. The zero-order valence-electron chi connectivity index (χ0n) is 39.8. The van der Waals surface area contributed by atoms with E-state index in [1.165, 1.54) is 0 Å². The maximum Gasteiger partial charge on any atom is 0.360 e. The molecular weight excluding hydrogens is 894 g/mol. The molecule has 0 bridgehead atoms. The van der Waals surface area contributed by atoms with Gasteiger partial charge in [0, 0.05) is 6.20 Å².